The number of rotatable bonds is 9. The number of alkyl halides is 1. The first kappa shape index (κ1) is 29.4. The summed E-state index contributed by atoms with van der Waals surface area (Å²) in [4.78, 5) is 20.0. The van der Waals surface area contributed by atoms with Crippen LogP contribution in [0.15, 0.2) is 95.5 Å². The summed E-state index contributed by atoms with van der Waals surface area (Å²) < 4.78 is 19.5. The topological polar surface area (TPSA) is 48.1 Å². The van der Waals surface area contributed by atoms with Crippen LogP contribution >= 0.6 is 9.24 Å². The summed E-state index contributed by atoms with van der Waals surface area (Å²) in [5.41, 5.74) is 6.10. The predicted octanol–water partition coefficient (Wildman–Crippen LogP) is 6.15. The number of nitrogens with one attached hydrogen (secondary N) is 1. The minimum atomic E-state index is -1.21. The van der Waals surface area contributed by atoms with Crippen molar-refractivity contribution >= 4 is 26.5 Å². The molecule has 6 nitrogen and oxygen atoms in total. The Bertz CT molecular complexity index is 1290. The molecule has 0 aliphatic carbocycles. The number of anilines is 2. The van der Waals surface area contributed by atoms with Gasteiger partial charge in [0.2, 0.25) is 0 Å². The van der Waals surface area contributed by atoms with E-state index in [4.69, 9.17) is 4.74 Å². The molecule has 1 amide bonds. The van der Waals surface area contributed by atoms with Crippen molar-refractivity contribution in [2.75, 3.05) is 43.1 Å². The Balaban J connectivity index is 1.36. The van der Waals surface area contributed by atoms with Gasteiger partial charge in [-0.2, -0.15) is 0 Å². The molecule has 0 saturated carbocycles. The van der Waals surface area contributed by atoms with E-state index in [1.807, 2.05) is 45.2 Å². The Kier molecular flexibility index (Phi) is 10.1. The third kappa shape index (κ3) is 6.76. The third-order valence-corrected chi connectivity index (χ3v) is 7.86. The molecule has 0 aromatic heterocycles. The maximum atomic E-state index is 14.3. The van der Waals surface area contributed by atoms with Crippen LogP contribution in [0.1, 0.15) is 32.8 Å². The highest BCUT2D eigenvalue weighted by molar-refractivity contribution is 7.17. The molecule has 1 saturated heterocycles. The van der Waals surface area contributed by atoms with E-state index in [9.17, 15) is 9.18 Å². The largest absolute Gasteiger partial charge is 0.497 e. The first-order chi connectivity index (χ1) is 19.4. The summed E-state index contributed by atoms with van der Waals surface area (Å²) in [5, 5.41) is 3.08. The second-order valence-electron chi connectivity index (χ2n) is 9.91. The molecule has 2 aromatic rings. The van der Waals surface area contributed by atoms with Crippen LogP contribution in [-0.2, 0) is 11.3 Å². The maximum Gasteiger partial charge on any atom is 0.268 e. The van der Waals surface area contributed by atoms with Crippen molar-refractivity contribution in [2.45, 2.75) is 39.6 Å². The number of amides is 1. The van der Waals surface area contributed by atoms with Crippen LogP contribution in [0.3, 0.4) is 0 Å². The van der Waals surface area contributed by atoms with Crippen molar-refractivity contribution < 1.29 is 13.9 Å². The van der Waals surface area contributed by atoms with Gasteiger partial charge in [-0.25, -0.2) is 4.39 Å². The van der Waals surface area contributed by atoms with Crippen molar-refractivity contribution in [3.63, 3.8) is 0 Å². The number of piperazine rings is 1. The number of allylic oxidation sites excluding steroid dienone is 5. The zero-order valence-corrected chi connectivity index (χ0v) is 25.0. The Labute approximate surface area is 240 Å². The molecule has 2 unspecified atom stereocenters. The Morgan fingerprint density at radius 2 is 1.62 bits per heavy atom. The molecule has 0 radical (unpaired) electrons. The van der Waals surface area contributed by atoms with Crippen molar-refractivity contribution in [3.05, 3.63) is 101 Å². The van der Waals surface area contributed by atoms with E-state index < -0.39 is 5.91 Å². The number of ether oxygens (including phenoxy) is 1. The molecule has 1 N–H and O–H groups in total. The molecular weight excluding hydrogens is 522 g/mol. The van der Waals surface area contributed by atoms with Gasteiger partial charge in [0.05, 0.1) is 7.11 Å². The second kappa shape index (κ2) is 13.7. The van der Waals surface area contributed by atoms with E-state index in [2.05, 4.69) is 60.8 Å². The molecule has 2 aliphatic rings. The van der Waals surface area contributed by atoms with Gasteiger partial charge >= 0.3 is 0 Å². The van der Waals surface area contributed by atoms with Gasteiger partial charge < -0.3 is 24.8 Å². The van der Waals surface area contributed by atoms with Crippen LogP contribution in [0, 0.1) is 0 Å². The highest BCUT2D eigenvalue weighted by Crippen LogP contribution is 2.32. The molecule has 4 rings (SSSR count). The normalized spacial score (nSPS) is 17.9. The number of methoxy groups -OCH3 is 1. The smallest absolute Gasteiger partial charge is 0.268 e. The first-order valence-electron chi connectivity index (χ1n) is 13.8. The molecule has 8 heteroatoms. The molecule has 0 bridgehead atoms. The van der Waals surface area contributed by atoms with Crippen LogP contribution in [0.4, 0.5) is 15.8 Å². The number of nitrogens with zero attached hydrogens (tertiary/aromatic N) is 3. The molecule has 0 spiro atoms. The van der Waals surface area contributed by atoms with E-state index in [0.29, 0.717) is 29.9 Å². The highest BCUT2D eigenvalue weighted by Gasteiger charge is 2.26. The zero-order valence-electron chi connectivity index (χ0n) is 23.9. The van der Waals surface area contributed by atoms with Gasteiger partial charge in [0.15, 0.2) is 0 Å². The number of benzene rings is 2. The molecule has 212 valence electrons. The van der Waals surface area contributed by atoms with Gasteiger partial charge in [-0.15, -0.1) is 0 Å². The van der Waals surface area contributed by atoms with E-state index in [0.717, 1.165) is 43.1 Å². The third-order valence-electron chi connectivity index (χ3n) is 7.50. The lowest BCUT2D eigenvalue weighted by atomic mass is 10.0. The van der Waals surface area contributed by atoms with Crippen LogP contribution in [-0.4, -0.2) is 50.0 Å². The molecule has 2 heterocycles. The molecule has 1 fully saturated rings. The number of carbonyl (C=O) groups is 1. The van der Waals surface area contributed by atoms with Crippen LogP contribution in [0.25, 0.3) is 0 Å². The fourth-order valence-electron chi connectivity index (χ4n) is 5.05. The molecule has 2 aliphatic heterocycles. The van der Waals surface area contributed by atoms with Crippen molar-refractivity contribution in [2.24, 2.45) is 0 Å². The van der Waals surface area contributed by atoms with Crippen molar-refractivity contribution in [1.29, 1.82) is 0 Å². The number of halogens is 1. The fourth-order valence-corrected chi connectivity index (χ4v) is 5.34. The molecule has 2 aromatic carbocycles. The summed E-state index contributed by atoms with van der Waals surface area (Å²) in [6.07, 6.45) is 7.91. The van der Waals surface area contributed by atoms with Gasteiger partial charge in [0, 0.05) is 61.6 Å². The van der Waals surface area contributed by atoms with E-state index in [1.165, 1.54) is 11.4 Å². The van der Waals surface area contributed by atoms with Gasteiger partial charge in [-0.05, 0) is 73.9 Å². The number of hydrogen-bond acceptors (Lipinski definition) is 5. The monoisotopic (exact) mass is 562 g/mol. The maximum absolute atomic E-state index is 14.3. The Hall–Kier alpha value is -3.57. The van der Waals surface area contributed by atoms with Crippen LogP contribution in [0.5, 0.6) is 5.75 Å². The summed E-state index contributed by atoms with van der Waals surface area (Å²) in [6, 6.07) is 16.6. The van der Waals surface area contributed by atoms with Crippen molar-refractivity contribution in [1.82, 2.24) is 10.2 Å². The van der Waals surface area contributed by atoms with Crippen LogP contribution < -0.4 is 19.9 Å². The Morgan fingerprint density at radius 1 is 1.05 bits per heavy atom. The van der Waals surface area contributed by atoms with E-state index in [1.54, 1.807) is 24.2 Å². The van der Waals surface area contributed by atoms with E-state index in [-0.39, 0.29) is 5.91 Å². The quantitative estimate of drug-likeness (QED) is 0.293. The van der Waals surface area contributed by atoms with E-state index >= 15 is 0 Å². The zero-order chi connectivity index (χ0) is 28.6. The summed E-state index contributed by atoms with van der Waals surface area (Å²) in [7, 11) is 3.88. The Morgan fingerprint density at radius 3 is 2.12 bits per heavy atom. The molecular formula is C32H40FN4O2P. The lowest BCUT2D eigenvalue weighted by Gasteiger charge is -2.37. The van der Waals surface area contributed by atoms with Gasteiger partial charge in [0.1, 0.15) is 17.4 Å². The molecule has 2 atom stereocenters. The minimum Gasteiger partial charge on any atom is -0.497 e. The summed E-state index contributed by atoms with van der Waals surface area (Å²) in [6.45, 7) is 10.0. The predicted molar refractivity (Wildman–Crippen MR) is 166 cm³/mol. The first-order valence-corrected chi connectivity index (χ1v) is 14.5. The van der Waals surface area contributed by atoms with Gasteiger partial charge in [-0.3, -0.25) is 4.79 Å². The minimum absolute atomic E-state index is 0.178. The lowest BCUT2D eigenvalue weighted by Crippen LogP contribution is -2.46. The lowest BCUT2D eigenvalue weighted by molar-refractivity contribution is -0.118. The summed E-state index contributed by atoms with van der Waals surface area (Å²) in [5.74, 6) is -0.523. The van der Waals surface area contributed by atoms with Crippen LogP contribution in [0.2, 0.25) is 0 Å². The second-order valence-corrected chi connectivity index (χ2v) is 10.5. The molecule has 40 heavy (non-hydrogen) atoms. The van der Waals surface area contributed by atoms with Gasteiger partial charge in [-0.1, -0.05) is 40.4 Å². The average Bonchev–Trinajstić information content (AvgIpc) is 3.00. The SMILES string of the molecule is C/C=C1\C(C(F)P)=CC=CN1/C(C(=O)NCc1ccc(N2CCN(c3ccc(OC)cc3)CC2)cc1)=C(\C)CC. The van der Waals surface area contributed by atoms with Gasteiger partial charge in [0.25, 0.3) is 5.91 Å². The standard InChI is InChI=1S/C32H40FN4O2P/c1-5-23(3)30(37-17-7-8-28(31(33)40)29(37)6-2)32(38)34-22-24-9-11-25(12-10-24)35-18-20-36(21-19-35)26-13-15-27(39-4)16-14-26/h6-17,31H,5,18-22,40H2,1-4H3,(H,34,38)/b29-6+,30-23+. The number of carbonyl (C=O) groups excluding carboxylic acids is 1. The average molecular weight is 563 g/mol. The van der Waals surface area contributed by atoms with Crippen molar-refractivity contribution in [3.8, 4) is 5.75 Å². The summed E-state index contributed by atoms with van der Waals surface area (Å²) >= 11 is 0. The highest BCUT2D eigenvalue weighted by atomic mass is 31.0. The fraction of sp³-hybridized carbons (Fsp3) is 0.344. The number of hydrogen-bond donors (Lipinski definition) is 1.